The predicted octanol–water partition coefficient (Wildman–Crippen LogP) is 4.16. The first-order valence-corrected chi connectivity index (χ1v) is 11.2. The van der Waals surface area contributed by atoms with Gasteiger partial charge < -0.3 is 15.0 Å². The number of aromatic nitrogens is 4. The molecule has 0 spiro atoms. The molecular formula is C24H28N6O3. The maximum Gasteiger partial charge on any atom is 0.338 e. The number of hydrogen-bond donors (Lipinski definition) is 1. The number of para-hydroxylation sites is 1. The molecular weight excluding hydrogens is 420 g/mol. The summed E-state index contributed by atoms with van der Waals surface area (Å²) in [5.41, 5.74) is 1.11. The van der Waals surface area contributed by atoms with Gasteiger partial charge >= 0.3 is 12.0 Å². The summed E-state index contributed by atoms with van der Waals surface area (Å²) in [6, 6.07) is 16.1. The van der Waals surface area contributed by atoms with Crippen molar-refractivity contribution in [1.29, 1.82) is 0 Å². The van der Waals surface area contributed by atoms with Crippen LogP contribution in [0.1, 0.15) is 55.2 Å². The number of nitrogens with one attached hydrogen (secondary N) is 1. The van der Waals surface area contributed by atoms with Crippen molar-refractivity contribution in [3.8, 4) is 5.69 Å². The molecule has 1 aliphatic carbocycles. The minimum Gasteiger partial charge on any atom is -0.462 e. The summed E-state index contributed by atoms with van der Waals surface area (Å²) in [5.74, 6) is 0.176. The molecule has 33 heavy (non-hydrogen) atoms. The van der Waals surface area contributed by atoms with Crippen LogP contribution in [-0.4, -0.2) is 50.8 Å². The monoisotopic (exact) mass is 448 g/mol. The Balaban J connectivity index is 1.70. The van der Waals surface area contributed by atoms with Gasteiger partial charge in [0, 0.05) is 12.7 Å². The number of carbonyl (C=O) groups is 2. The lowest BCUT2D eigenvalue weighted by molar-refractivity contribution is 0.0526. The molecule has 0 saturated heterocycles. The van der Waals surface area contributed by atoms with Crippen molar-refractivity contribution in [3.63, 3.8) is 0 Å². The number of benzene rings is 2. The Morgan fingerprint density at radius 2 is 1.85 bits per heavy atom. The molecule has 0 unspecified atom stereocenters. The van der Waals surface area contributed by atoms with Crippen LogP contribution in [0.3, 0.4) is 0 Å². The van der Waals surface area contributed by atoms with Gasteiger partial charge in [0.15, 0.2) is 5.82 Å². The van der Waals surface area contributed by atoms with Crippen molar-refractivity contribution in [2.24, 2.45) is 0 Å². The van der Waals surface area contributed by atoms with Gasteiger partial charge in [0.2, 0.25) is 0 Å². The molecule has 2 amide bonds. The van der Waals surface area contributed by atoms with E-state index in [-0.39, 0.29) is 6.03 Å². The second-order valence-corrected chi connectivity index (χ2v) is 8.13. The van der Waals surface area contributed by atoms with Crippen LogP contribution in [0, 0.1) is 0 Å². The Kier molecular flexibility index (Phi) is 6.67. The zero-order valence-electron chi connectivity index (χ0n) is 18.9. The molecule has 172 valence electrons. The van der Waals surface area contributed by atoms with E-state index in [4.69, 9.17) is 4.74 Å². The summed E-state index contributed by atoms with van der Waals surface area (Å²) in [6.45, 7) is 2.06. The molecule has 1 aliphatic rings. The van der Waals surface area contributed by atoms with Gasteiger partial charge in [0.05, 0.1) is 17.9 Å². The van der Waals surface area contributed by atoms with Gasteiger partial charge in [-0.15, -0.1) is 5.10 Å². The van der Waals surface area contributed by atoms with Crippen molar-refractivity contribution in [1.82, 2.24) is 25.1 Å². The zero-order chi connectivity index (χ0) is 23.3. The van der Waals surface area contributed by atoms with E-state index in [0.29, 0.717) is 23.7 Å². The fraction of sp³-hybridized carbons (Fsp3) is 0.375. The number of amides is 2. The first-order chi connectivity index (χ1) is 16.0. The van der Waals surface area contributed by atoms with Gasteiger partial charge in [-0.2, -0.15) is 4.68 Å². The van der Waals surface area contributed by atoms with Crippen molar-refractivity contribution in [2.75, 3.05) is 19.0 Å². The number of tetrazole rings is 1. The van der Waals surface area contributed by atoms with Crippen LogP contribution in [-0.2, 0) is 10.3 Å². The van der Waals surface area contributed by atoms with E-state index in [1.165, 1.54) is 0 Å². The number of rotatable bonds is 6. The minimum atomic E-state index is -0.680. The molecule has 0 atom stereocenters. The highest BCUT2D eigenvalue weighted by Crippen LogP contribution is 2.41. The van der Waals surface area contributed by atoms with Crippen LogP contribution in [0.15, 0.2) is 54.6 Å². The van der Waals surface area contributed by atoms with Crippen LogP contribution >= 0.6 is 0 Å². The van der Waals surface area contributed by atoms with Crippen LogP contribution < -0.4 is 5.32 Å². The Hall–Kier alpha value is -3.75. The Morgan fingerprint density at radius 3 is 2.58 bits per heavy atom. The largest absolute Gasteiger partial charge is 0.462 e. The van der Waals surface area contributed by atoms with Crippen molar-refractivity contribution in [2.45, 2.75) is 44.6 Å². The third kappa shape index (κ3) is 4.57. The number of nitrogens with zero attached hydrogens (tertiary/aromatic N) is 5. The second-order valence-electron chi connectivity index (χ2n) is 8.13. The van der Waals surface area contributed by atoms with Crippen LogP contribution in [0.4, 0.5) is 10.5 Å². The number of esters is 1. The highest BCUT2D eigenvalue weighted by atomic mass is 16.5. The molecule has 1 N–H and O–H groups in total. The van der Waals surface area contributed by atoms with Gasteiger partial charge in [0.1, 0.15) is 5.54 Å². The molecule has 1 fully saturated rings. The van der Waals surface area contributed by atoms with Gasteiger partial charge in [-0.1, -0.05) is 43.5 Å². The number of ether oxygens (including phenoxy) is 1. The number of urea groups is 1. The second kappa shape index (κ2) is 9.81. The van der Waals surface area contributed by atoms with Crippen molar-refractivity contribution < 1.29 is 14.3 Å². The van der Waals surface area contributed by atoms with Crippen LogP contribution in [0.5, 0.6) is 0 Å². The lowest BCUT2D eigenvalue weighted by Gasteiger charge is -2.43. The summed E-state index contributed by atoms with van der Waals surface area (Å²) >= 11 is 0. The van der Waals surface area contributed by atoms with Gasteiger partial charge in [-0.3, -0.25) is 0 Å². The van der Waals surface area contributed by atoms with Crippen molar-refractivity contribution >= 4 is 17.7 Å². The predicted molar refractivity (Wildman–Crippen MR) is 123 cm³/mol. The molecule has 9 nitrogen and oxygen atoms in total. The third-order valence-corrected chi connectivity index (χ3v) is 6.14. The quantitative estimate of drug-likeness (QED) is 0.568. The van der Waals surface area contributed by atoms with E-state index in [1.54, 1.807) is 41.8 Å². The average molecular weight is 449 g/mol. The highest BCUT2D eigenvalue weighted by Gasteiger charge is 2.45. The van der Waals surface area contributed by atoms with E-state index in [2.05, 4.69) is 20.8 Å². The van der Waals surface area contributed by atoms with Gasteiger partial charge in [-0.25, -0.2) is 9.59 Å². The normalized spacial score (nSPS) is 15.0. The maximum absolute atomic E-state index is 13.3. The molecule has 1 heterocycles. The van der Waals surface area contributed by atoms with E-state index in [1.807, 2.05) is 36.4 Å². The first kappa shape index (κ1) is 22.4. The fourth-order valence-corrected chi connectivity index (χ4v) is 4.40. The average Bonchev–Trinajstić information content (AvgIpc) is 3.35. The molecule has 3 aromatic rings. The highest BCUT2D eigenvalue weighted by molar-refractivity contribution is 5.90. The smallest absolute Gasteiger partial charge is 0.338 e. The number of hydrogen-bond acceptors (Lipinski definition) is 6. The lowest BCUT2D eigenvalue weighted by atomic mass is 9.79. The lowest BCUT2D eigenvalue weighted by Crippen LogP contribution is -2.51. The first-order valence-electron chi connectivity index (χ1n) is 11.2. The van der Waals surface area contributed by atoms with Crippen LogP contribution in [0.25, 0.3) is 5.69 Å². The number of anilines is 1. The SMILES string of the molecule is CCOC(=O)c1cccc(-n2nnnc2C2(N(C)C(=O)Nc3ccccc3)CCCCC2)c1. The standard InChI is InChI=1S/C24H28N6O3/c1-3-33-21(31)18-11-10-14-20(17-18)30-22(26-27-28-30)24(15-8-5-9-16-24)29(2)23(32)25-19-12-6-4-7-13-19/h4,6-7,10-14,17H,3,5,8-9,15-16H2,1-2H3,(H,25,32). The topological polar surface area (TPSA) is 102 Å². The van der Waals surface area contributed by atoms with E-state index in [9.17, 15) is 9.59 Å². The molecule has 4 rings (SSSR count). The van der Waals surface area contributed by atoms with Gasteiger partial charge in [0.25, 0.3) is 0 Å². The maximum atomic E-state index is 13.3. The minimum absolute atomic E-state index is 0.224. The molecule has 2 aromatic carbocycles. The molecule has 1 saturated carbocycles. The summed E-state index contributed by atoms with van der Waals surface area (Å²) in [6.07, 6.45) is 4.49. The summed E-state index contributed by atoms with van der Waals surface area (Å²) in [4.78, 5) is 27.2. The fourth-order valence-electron chi connectivity index (χ4n) is 4.40. The zero-order valence-corrected chi connectivity index (χ0v) is 18.9. The Morgan fingerprint density at radius 1 is 1.09 bits per heavy atom. The van der Waals surface area contributed by atoms with E-state index < -0.39 is 11.5 Å². The van der Waals surface area contributed by atoms with Crippen molar-refractivity contribution in [3.05, 3.63) is 66.0 Å². The molecule has 9 heteroatoms. The molecule has 0 radical (unpaired) electrons. The summed E-state index contributed by atoms with van der Waals surface area (Å²) < 4.78 is 6.76. The van der Waals surface area contributed by atoms with Gasteiger partial charge in [-0.05, 0) is 60.5 Å². The Labute approximate surface area is 192 Å². The van der Waals surface area contributed by atoms with E-state index >= 15 is 0 Å². The summed E-state index contributed by atoms with van der Waals surface area (Å²) in [7, 11) is 1.79. The number of carbonyl (C=O) groups excluding carboxylic acids is 2. The van der Waals surface area contributed by atoms with E-state index in [0.717, 1.165) is 37.8 Å². The molecule has 1 aromatic heterocycles. The molecule has 0 aliphatic heterocycles. The Bertz CT molecular complexity index is 1110. The summed E-state index contributed by atoms with van der Waals surface area (Å²) in [5, 5.41) is 15.5. The third-order valence-electron chi connectivity index (χ3n) is 6.14. The van der Waals surface area contributed by atoms with Crippen LogP contribution in [0.2, 0.25) is 0 Å². The molecule has 0 bridgehead atoms.